The summed E-state index contributed by atoms with van der Waals surface area (Å²) in [7, 11) is 0. The molecule has 1 rings (SSSR count). The zero-order valence-corrected chi connectivity index (χ0v) is 10.9. The number of carboxylic acid groups (broad SMARTS) is 1. The molecule has 0 unspecified atom stereocenters. The van der Waals surface area contributed by atoms with Crippen LogP contribution in [0.2, 0.25) is 5.02 Å². The van der Waals surface area contributed by atoms with Gasteiger partial charge in [-0.25, -0.2) is 4.79 Å². The van der Waals surface area contributed by atoms with Crippen molar-refractivity contribution in [1.29, 1.82) is 0 Å². The molecule has 0 atom stereocenters. The van der Waals surface area contributed by atoms with Crippen LogP contribution >= 0.6 is 11.6 Å². The molecule has 0 aliphatic carbocycles. The van der Waals surface area contributed by atoms with Crippen LogP contribution in [0.3, 0.4) is 0 Å². The van der Waals surface area contributed by atoms with Gasteiger partial charge in [-0.1, -0.05) is 56.0 Å². The van der Waals surface area contributed by atoms with Crippen LogP contribution in [-0.2, 0) is 6.42 Å². The molecule has 17 heavy (non-hydrogen) atoms. The van der Waals surface area contributed by atoms with E-state index in [1.165, 1.54) is 31.2 Å². The highest BCUT2D eigenvalue weighted by atomic mass is 35.5. The summed E-state index contributed by atoms with van der Waals surface area (Å²) >= 11 is 6.04. The second-order valence-electron chi connectivity index (χ2n) is 3.74. The topological polar surface area (TPSA) is 63.3 Å². The van der Waals surface area contributed by atoms with Gasteiger partial charge >= 0.3 is 6.09 Å². The van der Waals surface area contributed by atoms with E-state index in [1.54, 1.807) is 0 Å². The summed E-state index contributed by atoms with van der Waals surface area (Å²) < 4.78 is 0. The van der Waals surface area contributed by atoms with Gasteiger partial charge in [0, 0.05) is 5.02 Å². The standard InChI is InChI=1S/C12H17Cl.CH3NO2/c1-2-3-4-5-8-11-9-6-7-10-12(11)13;2-1(3)4/h6-7,9-10H,2-5,8H2,1H3;2H2,(H,3,4). The fourth-order valence-corrected chi connectivity index (χ4v) is 1.67. The molecule has 4 heteroatoms. The third-order valence-corrected chi connectivity index (χ3v) is 2.63. The van der Waals surface area contributed by atoms with Crippen molar-refractivity contribution in [3.8, 4) is 0 Å². The molecule has 0 spiro atoms. The highest BCUT2D eigenvalue weighted by Gasteiger charge is 1.97. The van der Waals surface area contributed by atoms with Crippen LogP contribution in [0.5, 0.6) is 0 Å². The number of aryl methyl sites for hydroxylation is 1. The van der Waals surface area contributed by atoms with Crippen LogP contribution in [0.25, 0.3) is 0 Å². The molecule has 0 radical (unpaired) electrons. The SMILES string of the molecule is CCCCCCc1ccccc1Cl.NC(=O)O. The number of halogens is 1. The smallest absolute Gasteiger partial charge is 0.402 e. The van der Waals surface area contributed by atoms with Gasteiger partial charge in [-0.05, 0) is 24.5 Å². The lowest BCUT2D eigenvalue weighted by atomic mass is 10.1. The van der Waals surface area contributed by atoms with Crippen LogP contribution in [-0.4, -0.2) is 11.2 Å². The molecule has 3 nitrogen and oxygen atoms in total. The second kappa shape index (κ2) is 9.97. The molecule has 0 bridgehead atoms. The molecule has 3 N–H and O–H groups in total. The lowest BCUT2D eigenvalue weighted by Gasteiger charge is -2.02. The van der Waals surface area contributed by atoms with Gasteiger partial charge in [-0.3, -0.25) is 0 Å². The van der Waals surface area contributed by atoms with Gasteiger partial charge in [0.15, 0.2) is 0 Å². The quantitative estimate of drug-likeness (QED) is 0.781. The Bertz CT molecular complexity index is 325. The minimum atomic E-state index is -1.33. The van der Waals surface area contributed by atoms with Crippen molar-refractivity contribution in [3.63, 3.8) is 0 Å². The first-order valence-electron chi connectivity index (χ1n) is 5.79. The molecular weight excluding hydrogens is 238 g/mol. The maximum atomic E-state index is 8.78. The number of nitrogens with two attached hydrogens (primary N) is 1. The predicted octanol–water partition coefficient (Wildman–Crippen LogP) is 4.09. The molecule has 1 amide bonds. The van der Waals surface area contributed by atoms with E-state index < -0.39 is 6.09 Å². The highest BCUT2D eigenvalue weighted by molar-refractivity contribution is 6.31. The van der Waals surface area contributed by atoms with E-state index in [9.17, 15) is 0 Å². The number of hydrogen-bond donors (Lipinski definition) is 2. The molecule has 0 saturated carbocycles. The Morgan fingerprint density at radius 3 is 2.41 bits per heavy atom. The van der Waals surface area contributed by atoms with Gasteiger partial charge in [-0.2, -0.15) is 0 Å². The molecule has 0 aliphatic heterocycles. The summed E-state index contributed by atoms with van der Waals surface area (Å²) in [5, 5.41) is 8.11. The van der Waals surface area contributed by atoms with Crippen LogP contribution in [0.4, 0.5) is 4.79 Å². The number of carbonyl (C=O) groups is 1. The summed E-state index contributed by atoms with van der Waals surface area (Å²) in [6.45, 7) is 2.23. The Hall–Kier alpha value is -1.22. The second-order valence-corrected chi connectivity index (χ2v) is 4.15. The van der Waals surface area contributed by atoms with E-state index in [4.69, 9.17) is 21.5 Å². The van der Waals surface area contributed by atoms with E-state index in [1.807, 2.05) is 12.1 Å². The number of hydrogen-bond acceptors (Lipinski definition) is 1. The minimum Gasteiger partial charge on any atom is -0.465 e. The van der Waals surface area contributed by atoms with Crippen molar-refractivity contribution in [2.45, 2.75) is 39.0 Å². The molecule has 1 aromatic carbocycles. The average molecular weight is 258 g/mol. The minimum absolute atomic E-state index is 0.916. The number of rotatable bonds is 5. The monoisotopic (exact) mass is 257 g/mol. The first-order chi connectivity index (χ1) is 8.07. The highest BCUT2D eigenvalue weighted by Crippen LogP contribution is 2.17. The predicted molar refractivity (Wildman–Crippen MR) is 71.5 cm³/mol. The summed E-state index contributed by atoms with van der Waals surface area (Å²) in [6.07, 6.45) is 5.01. The molecule has 0 saturated heterocycles. The van der Waals surface area contributed by atoms with Crippen LogP contribution in [0.1, 0.15) is 38.2 Å². The van der Waals surface area contributed by atoms with E-state index in [2.05, 4.69) is 24.8 Å². The molecular formula is C13H20ClNO2. The number of primary amides is 1. The fraction of sp³-hybridized carbons (Fsp3) is 0.462. The van der Waals surface area contributed by atoms with E-state index in [0.29, 0.717) is 0 Å². The Morgan fingerprint density at radius 2 is 1.88 bits per heavy atom. The van der Waals surface area contributed by atoms with Crippen molar-refractivity contribution >= 4 is 17.7 Å². The van der Waals surface area contributed by atoms with Gasteiger partial charge in [0.05, 0.1) is 0 Å². The molecule has 96 valence electrons. The number of benzene rings is 1. The van der Waals surface area contributed by atoms with Crippen molar-refractivity contribution in [2.24, 2.45) is 5.73 Å². The molecule has 0 heterocycles. The summed E-state index contributed by atoms with van der Waals surface area (Å²) in [5.74, 6) is 0. The van der Waals surface area contributed by atoms with Gasteiger partial charge in [-0.15, -0.1) is 0 Å². The molecule has 1 aromatic rings. The van der Waals surface area contributed by atoms with Gasteiger partial charge in [0.25, 0.3) is 0 Å². The van der Waals surface area contributed by atoms with Crippen molar-refractivity contribution in [1.82, 2.24) is 0 Å². The van der Waals surface area contributed by atoms with Crippen LogP contribution in [0.15, 0.2) is 24.3 Å². The summed E-state index contributed by atoms with van der Waals surface area (Å²) in [5.41, 5.74) is 5.32. The number of amides is 1. The third kappa shape index (κ3) is 9.69. The van der Waals surface area contributed by atoms with E-state index >= 15 is 0 Å². The Kier molecular flexibility index (Phi) is 9.25. The fourth-order valence-electron chi connectivity index (χ4n) is 1.44. The molecule has 0 aromatic heterocycles. The lowest BCUT2D eigenvalue weighted by Crippen LogP contribution is -2.03. The first kappa shape index (κ1) is 15.8. The van der Waals surface area contributed by atoms with E-state index in [-0.39, 0.29) is 0 Å². The number of unbranched alkanes of at least 4 members (excludes halogenated alkanes) is 3. The zero-order chi connectivity index (χ0) is 13.1. The van der Waals surface area contributed by atoms with Gasteiger partial charge < -0.3 is 10.8 Å². The summed E-state index contributed by atoms with van der Waals surface area (Å²) in [6, 6.07) is 8.13. The van der Waals surface area contributed by atoms with Crippen molar-refractivity contribution < 1.29 is 9.90 Å². The van der Waals surface area contributed by atoms with Crippen molar-refractivity contribution in [3.05, 3.63) is 34.9 Å². The summed E-state index contributed by atoms with van der Waals surface area (Å²) in [4.78, 5) is 8.78. The van der Waals surface area contributed by atoms with Crippen LogP contribution < -0.4 is 5.73 Å². The maximum Gasteiger partial charge on any atom is 0.402 e. The van der Waals surface area contributed by atoms with E-state index in [0.717, 1.165) is 11.4 Å². The Morgan fingerprint density at radius 1 is 1.29 bits per heavy atom. The molecule has 0 aliphatic rings. The first-order valence-corrected chi connectivity index (χ1v) is 6.17. The maximum absolute atomic E-state index is 8.78. The van der Waals surface area contributed by atoms with Gasteiger partial charge in [0.1, 0.15) is 0 Å². The van der Waals surface area contributed by atoms with Crippen LogP contribution in [0, 0.1) is 0 Å². The van der Waals surface area contributed by atoms with Gasteiger partial charge in [0.2, 0.25) is 0 Å². The lowest BCUT2D eigenvalue weighted by molar-refractivity contribution is 0.205. The zero-order valence-electron chi connectivity index (χ0n) is 10.2. The normalized spacial score (nSPS) is 9.29. The van der Waals surface area contributed by atoms with Crippen molar-refractivity contribution in [2.75, 3.05) is 0 Å². The molecule has 0 fully saturated rings. The average Bonchev–Trinajstić information content (AvgIpc) is 2.26. The Balaban J connectivity index is 0.000000557. The Labute approximate surface area is 108 Å². The third-order valence-electron chi connectivity index (χ3n) is 2.26. The largest absolute Gasteiger partial charge is 0.465 e.